The summed E-state index contributed by atoms with van der Waals surface area (Å²) in [5, 5.41) is 13.9. The molecule has 0 saturated heterocycles. The molecule has 0 radical (unpaired) electrons. The second kappa shape index (κ2) is 8.30. The minimum atomic E-state index is -0.508. The number of rotatable bonds is 5. The van der Waals surface area contributed by atoms with Gasteiger partial charge >= 0.3 is 6.03 Å². The van der Waals surface area contributed by atoms with Crippen LogP contribution < -0.4 is 10.6 Å². The maximum Gasteiger partial charge on any atom is 0.323 e. The molecule has 11 heteroatoms. The third-order valence-electron chi connectivity index (χ3n) is 3.64. The standard InChI is InChI=1S/C16H15Cl2N7O2/c1-9(27-2)14-12(18)7-19-8-13(14)24-16(26)23-10-5-11(17)15(20-6-10)25-21-3-4-22-25/h3-9H,1-2H3,(H2,23,24,26). The van der Waals surface area contributed by atoms with Gasteiger partial charge in [0.2, 0.25) is 0 Å². The normalized spacial score (nSPS) is 11.9. The number of hydrogen-bond acceptors (Lipinski definition) is 6. The van der Waals surface area contributed by atoms with E-state index in [1.807, 2.05) is 6.92 Å². The maximum atomic E-state index is 12.3. The number of amides is 2. The van der Waals surface area contributed by atoms with Crippen molar-refractivity contribution in [2.75, 3.05) is 17.7 Å². The second-order valence-corrected chi connectivity index (χ2v) is 6.20. The van der Waals surface area contributed by atoms with E-state index >= 15 is 0 Å². The first-order valence-electron chi connectivity index (χ1n) is 7.76. The van der Waals surface area contributed by atoms with Gasteiger partial charge in [-0.25, -0.2) is 9.78 Å². The van der Waals surface area contributed by atoms with Gasteiger partial charge in [-0.05, 0) is 13.0 Å². The molecule has 0 spiro atoms. The maximum absolute atomic E-state index is 12.3. The van der Waals surface area contributed by atoms with Crippen molar-refractivity contribution in [2.24, 2.45) is 0 Å². The van der Waals surface area contributed by atoms with Crippen molar-refractivity contribution in [1.29, 1.82) is 0 Å². The number of carbonyl (C=O) groups is 1. The van der Waals surface area contributed by atoms with E-state index in [4.69, 9.17) is 27.9 Å². The molecule has 2 amide bonds. The number of nitrogens with one attached hydrogen (secondary N) is 2. The fourth-order valence-corrected chi connectivity index (χ4v) is 2.89. The molecule has 140 valence electrons. The van der Waals surface area contributed by atoms with Gasteiger partial charge in [0, 0.05) is 18.9 Å². The SMILES string of the molecule is COC(C)c1c(Cl)cncc1NC(=O)Nc1cnc(-n2nccn2)c(Cl)c1. The topological polar surface area (TPSA) is 107 Å². The zero-order valence-electron chi connectivity index (χ0n) is 14.3. The highest BCUT2D eigenvalue weighted by Gasteiger charge is 2.17. The summed E-state index contributed by atoms with van der Waals surface area (Å²) in [5.74, 6) is 0.350. The molecule has 0 aliphatic rings. The van der Waals surface area contributed by atoms with Crippen LogP contribution in [0.2, 0.25) is 10.0 Å². The molecule has 27 heavy (non-hydrogen) atoms. The molecule has 0 aliphatic heterocycles. The Labute approximate surface area is 164 Å². The van der Waals surface area contributed by atoms with E-state index in [9.17, 15) is 4.79 Å². The van der Waals surface area contributed by atoms with Crippen molar-refractivity contribution in [2.45, 2.75) is 13.0 Å². The lowest BCUT2D eigenvalue weighted by Gasteiger charge is -2.17. The number of halogens is 2. The summed E-state index contributed by atoms with van der Waals surface area (Å²) in [6.07, 6.45) is 7.12. The largest absolute Gasteiger partial charge is 0.377 e. The molecule has 0 aromatic carbocycles. The van der Waals surface area contributed by atoms with Gasteiger partial charge in [0.1, 0.15) is 0 Å². The van der Waals surface area contributed by atoms with Gasteiger partial charge in [-0.1, -0.05) is 23.2 Å². The van der Waals surface area contributed by atoms with Crippen LogP contribution in [0.15, 0.2) is 37.1 Å². The number of hydrogen-bond donors (Lipinski definition) is 2. The van der Waals surface area contributed by atoms with E-state index in [0.717, 1.165) is 0 Å². The molecule has 0 fully saturated rings. The van der Waals surface area contributed by atoms with Crippen molar-refractivity contribution in [1.82, 2.24) is 25.0 Å². The van der Waals surface area contributed by atoms with Gasteiger partial charge in [-0.2, -0.15) is 10.2 Å². The van der Waals surface area contributed by atoms with Crippen molar-refractivity contribution in [3.63, 3.8) is 0 Å². The van der Waals surface area contributed by atoms with Crippen LogP contribution in [0, 0.1) is 0 Å². The van der Waals surface area contributed by atoms with Crippen molar-refractivity contribution >= 4 is 40.6 Å². The molecule has 3 rings (SSSR count). The van der Waals surface area contributed by atoms with Gasteiger partial charge < -0.3 is 15.4 Å². The summed E-state index contributed by atoms with van der Waals surface area (Å²) in [6.45, 7) is 1.82. The lowest BCUT2D eigenvalue weighted by atomic mass is 10.1. The van der Waals surface area contributed by atoms with Crippen LogP contribution in [-0.4, -0.2) is 38.1 Å². The molecular weight excluding hydrogens is 393 g/mol. The number of carbonyl (C=O) groups excluding carboxylic acids is 1. The van der Waals surface area contributed by atoms with Gasteiger partial charge in [0.15, 0.2) is 5.82 Å². The van der Waals surface area contributed by atoms with Crippen LogP contribution in [0.3, 0.4) is 0 Å². The molecule has 0 saturated carbocycles. The number of methoxy groups -OCH3 is 1. The van der Waals surface area contributed by atoms with Crippen LogP contribution in [0.5, 0.6) is 0 Å². The van der Waals surface area contributed by atoms with Crippen molar-refractivity contribution in [3.05, 3.63) is 52.7 Å². The Morgan fingerprint density at radius 2 is 1.89 bits per heavy atom. The van der Waals surface area contributed by atoms with E-state index in [1.54, 1.807) is 13.2 Å². The van der Waals surface area contributed by atoms with Crippen LogP contribution >= 0.6 is 23.2 Å². The fraction of sp³-hybridized carbons (Fsp3) is 0.188. The summed E-state index contributed by atoms with van der Waals surface area (Å²) < 4.78 is 5.30. The van der Waals surface area contributed by atoms with Crippen LogP contribution in [0.1, 0.15) is 18.6 Å². The summed E-state index contributed by atoms with van der Waals surface area (Å²) in [4.78, 5) is 21.8. The van der Waals surface area contributed by atoms with Gasteiger partial charge in [0.25, 0.3) is 0 Å². The molecule has 3 aromatic rings. The Balaban J connectivity index is 1.75. The number of nitrogens with zero attached hydrogens (tertiary/aromatic N) is 5. The zero-order valence-corrected chi connectivity index (χ0v) is 15.9. The molecule has 3 heterocycles. The first kappa shape index (κ1) is 19.0. The Hall–Kier alpha value is -2.75. The Kier molecular flexibility index (Phi) is 5.84. The number of pyridine rings is 2. The lowest BCUT2D eigenvalue weighted by Crippen LogP contribution is -2.21. The fourth-order valence-electron chi connectivity index (χ4n) is 2.33. The third-order valence-corrected chi connectivity index (χ3v) is 4.21. The van der Waals surface area contributed by atoms with E-state index in [0.29, 0.717) is 27.8 Å². The first-order chi connectivity index (χ1) is 13.0. The summed E-state index contributed by atoms with van der Waals surface area (Å²) in [5.41, 5.74) is 1.45. The summed E-state index contributed by atoms with van der Waals surface area (Å²) in [6, 6.07) is 1.04. The Morgan fingerprint density at radius 1 is 1.15 bits per heavy atom. The molecule has 0 aliphatic carbocycles. The number of ether oxygens (including phenoxy) is 1. The first-order valence-corrected chi connectivity index (χ1v) is 8.51. The second-order valence-electron chi connectivity index (χ2n) is 5.39. The van der Waals surface area contributed by atoms with Crippen molar-refractivity contribution < 1.29 is 9.53 Å². The molecule has 3 aromatic heterocycles. The molecule has 1 atom stereocenters. The average molecular weight is 408 g/mol. The van der Waals surface area contributed by atoms with E-state index in [-0.39, 0.29) is 11.1 Å². The molecular formula is C16H15Cl2N7O2. The third kappa shape index (κ3) is 4.33. The van der Waals surface area contributed by atoms with Crippen LogP contribution in [0.4, 0.5) is 16.2 Å². The zero-order chi connectivity index (χ0) is 19.4. The highest BCUT2D eigenvalue weighted by Crippen LogP contribution is 2.31. The number of anilines is 2. The Bertz CT molecular complexity index is 950. The minimum absolute atomic E-state index is 0.280. The van der Waals surface area contributed by atoms with Gasteiger partial charge in [-0.3, -0.25) is 4.98 Å². The highest BCUT2D eigenvalue weighted by molar-refractivity contribution is 6.32. The predicted octanol–water partition coefficient (Wildman–Crippen LogP) is 3.72. The quantitative estimate of drug-likeness (QED) is 0.667. The summed E-state index contributed by atoms with van der Waals surface area (Å²) >= 11 is 12.4. The average Bonchev–Trinajstić information content (AvgIpc) is 3.15. The lowest BCUT2D eigenvalue weighted by molar-refractivity contribution is 0.120. The van der Waals surface area contributed by atoms with E-state index < -0.39 is 6.03 Å². The summed E-state index contributed by atoms with van der Waals surface area (Å²) in [7, 11) is 1.55. The number of urea groups is 1. The smallest absolute Gasteiger partial charge is 0.323 e. The van der Waals surface area contributed by atoms with E-state index in [1.165, 1.54) is 35.8 Å². The minimum Gasteiger partial charge on any atom is -0.377 e. The molecule has 0 bridgehead atoms. The highest BCUT2D eigenvalue weighted by atomic mass is 35.5. The molecule has 2 N–H and O–H groups in total. The number of aromatic nitrogens is 5. The van der Waals surface area contributed by atoms with Crippen LogP contribution in [0.25, 0.3) is 5.82 Å². The molecule has 1 unspecified atom stereocenters. The van der Waals surface area contributed by atoms with Crippen LogP contribution in [-0.2, 0) is 4.74 Å². The van der Waals surface area contributed by atoms with E-state index in [2.05, 4.69) is 30.8 Å². The van der Waals surface area contributed by atoms with Gasteiger partial charge in [-0.15, -0.1) is 4.80 Å². The Morgan fingerprint density at radius 3 is 2.56 bits per heavy atom. The predicted molar refractivity (Wildman–Crippen MR) is 101 cm³/mol. The monoisotopic (exact) mass is 407 g/mol. The van der Waals surface area contributed by atoms with Crippen molar-refractivity contribution in [3.8, 4) is 5.82 Å². The molecule has 9 nitrogen and oxygen atoms in total. The van der Waals surface area contributed by atoms with Gasteiger partial charge in [0.05, 0.1) is 52.3 Å².